The summed E-state index contributed by atoms with van der Waals surface area (Å²) in [5.41, 5.74) is 2.38. The number of nitrogens with zero attached hydrogens (tertiary/aromatic N) is 4. The van der Waals surface area contributed by atoms with Crippen molar-refractivity contribution in [3.8, 4) is 11.3 Å². The standard InChI is InChI=1S/C17H12N4O3/c22-17(14-10-19-21-8-4-7-18-16(14)21)23-11-13-9-15(20-24-13)12-5-2-1-3-6-12/h1-10H,11H2. The van der Waals surface area contributed by atoms with E-state index in [4.69, 9.17) is 9.26 Å². The second kappa shape index (κ2) is 5.96. The first kappa shape index (κ1) is 14.1. The van der Waals surface area contributed by atoms with Gasteiger partial charge in [0.05, 0.1) is 6.20 Å². The number of fused-ring (bicyclic) bond motifs is 1. The van der Waals surface area contributed by atoms with Crippen LogP contribution in [0.2, 0.25) is 0 Å². The van der Waals surface area contributed by atoms with E-state index in [-0.39, 0.29) is 6.61 Å². The number of carbonyl (C=O) groups excluding carboxylic acids is 1. The minimum atomic E-state index is -0.513. The summed E-state index contributed by atoms with van der Waals surface area (Å²) < 4.78 is 12.0. The molecule has 0 unspecified atom stereocenters. The van der Waals surface area contributed by atoms with E-state index in [1.165, 1.54) is 10.7 Å². The summed E-state index contributed by atoms with van der Waals surface area (Å²) in [7, 11) is 0. The highest BCUT2D eigenvalue weighted by molar-refractivity contribution is 5.95. The maximum atomic E-state index is 12.2. The van der Waals surface area contributed by atoms with Gasteiger partial charge in [0, 0.05) is 24.0 Å². The molecular weight excluding hydrogens is 308 g/mol. The molecule has 3 aromatic heterocycles. The Hall–Kier alpha value is -3.48. The van der Waals surface area contributed by atoms with Gasteiger partial charge >= 0.3 is 5.97 Å². The Morgan fingerprint density at radius 1 is 1.21 bits per heavy atom. The summed E-state index contributed by atoms with van der Waals surface area (Å²) >= 11 is 0. The molecule has 4 aromatic rings. The van der Waals surface area contributed by atoms with E-state index in [1.807, 2.05) is 30.3 Å². The van der Waals surface area contributed by atoms with Gasteiger partial charge in [-0.15, -0.1) is 0 Å². The number of hydrogen-bond acceptors (Lipinski definition) is 6. The zero-order chi connectivity index (χ0) is 16.4. The highest BCUT2D eigenvalue weighted by Crippen LogP contribution is 2.19. The van der Waals surface area contributed by atoms with Crippen LogP contribution in [0.1, 0.15) is 16.1 Å². The number of ether oxygens (including phenoxy) is 1. The molecule has 0 atom stereocenters. The molecular formula is C17H12N4O3. The Labute approximate surface area is 136 Å². The summed E-state index contributed by atoms with van der Waals surface area (Å²) in [6, 6.07) is 13.1. The van der Waals surface area contributed by atoms with Crippen molar-refractivity contribution >= 4 is 11.6 Å². The summed E-state index contributed by atoms with van der Waals surface area (Å²) in [5.74, 6) is -0.0482. The molecule has 0 aliphatic carbocycles. The fraction of sp³-hybridized carbons (Fsp3) is 0.0588. The molecule has 0 N–H and O–H groups in total. The largest absolute Gasteiger partial charge is 0.454 e. The van der Waals surface area contributed by atoms with Crippen LogP contribution in [-0.4, -0.2) is 25.7 Å². The average Bonchev–Trinajstić information content (AvgIpc) is 3.27. The lowest BCUT2D eigenvalue weighted by molar-refractivity contribution is 0.0439. The molecule has 0 spiro atoms. The second-order valence-electron chi connectivity index (χ2n) is 5.07. The zero-order valence-corrected chi connectivity index (χ0v) is 12.5. The van der Waals surface area contributed by atoms with Crippen LogP contribution < -0.4 is 0 Å². The molecule has 0 radical (unpaired) electrons. The van der Waals surface area contributed by atoms with Crippen LogP contribution in [0.25, 0.3) is 16.9 Å². The van der Waals surface area contributed by atoms with Crippen molar-refractivity contribution in [3.63, 3.8) is 0 Å². The highest BCUT2D eigenvalue weighted by Gasteiger charge is 2.16. The molecule has 0 aliphatic rings. The lowest BCUT2D eigenvalue weighted by Crippen LogP contribution is -2.05. The Balaban J connectivity index is 1.47. The van der Waals surface area contributed by atoms with Crippen LogP contribution >= 0.6 is 0 Å². The third-order valence-corrected chi connectivity index (χ3v) is 3.47. The topological polar surface area (TPSA) is 82.5 Å². The maximum absolute atomic E-state index is 12.2. The molecule has 0 saturated carbocycles. The summed E-state index contributed by atoms with van der Waals surface area (Å²) in [4.78, 5) is 16.3. The van der Waals surface area contributed by atoms with E-state index < -0.39 is 5.97 Å². The van der Waals surface area contributed by atoms with Gasteiger partial charge in [0.1, 0.15) is 11.3 Å². The van der Waals surface area contributed by atoms with E-state index in [9.17, 15) is 4.79 Å². The molecule has 4 rings (SSSR count). The van der Waals surface area contributed by atoms with E-state index in [1.54, 1.807) is 24.5 Å². The Morgan fingerprint density at radius 3 is 2.96 bits per heavy atom. The van der Waals surface area contributed by atoms with Crippen molar-refractivity contribution in [1.82, 2.24) is 19.8 Å². The first-order chi connectivity index (χ1) is 11.8. The van der Waals surface area contributed by atoms with Gasteiger partial charge in [0.2, 0.25) is 0 Å². The number of benzene rings is 1. The molecule has 24 heavy (non-hydrogen) atoms. The SMILES string of the molecule is O=C(OCc1cc(-c2ccccc2)no1)c1cnn2cccnc12. The van der Waals surface area contributed by atoms with Gasteiger partial charge in [0.25, 0.3) is 0 Å². The lowest BCUT2D eigenvalue weighted by atomic mass is 10.1. The predicted molar refractivity (Wildman–Crippen MR) is 84.0 cm³/mol. The summed E-state index contributed by atoms with van der Waals surface area (Å²) in [5, 5.41) is 8.04. The minimum Gasteiger partial charge on any atom is -0.454 e. The first-order valence-electron chi connectivity index (χ1n) is 7.28. The van der Waals surface area contributed by atoms with Crippen LogP contribution in [0.15, 0.2) is 65.6 Å². The van der Waals surface area contributed by atoms with Crippen LogP contribution in [0.3, 0.4) is 0 Å². The van der Waals surface area contributed by atoms with Crippen LogP contribution in [0.4, 0.5) is 0 Å². The summed E-state index contributed by atoms with van der Waals surface area (Å²) in [6.07, 6.45) is 4.73. The number of aromatic nitrogens is 4. The molecule has 7 nitrogen and oxygen atoms in total. The normalized spacial score (nSPS) is 10.8. The van der Waals surface area contributed by atoms with Crippen LogP contribution in [-0.2, 0) is 11.3 Å². The fourth-order valence-electron chi connectivity index (χ4n) is 2.31. The zero-order valence-electron chi connectivity index (χ0n) is 12.5. The van der Waals surface area contributed by atoms with Crippen molar-refractivity contribution in [3.05, 3.63) is 72.4 Å². The van der Waals surface area contributed by atoms with E-state index in [0.29, 0.717) is 22.7 Å². The summed E-state index contributed by atoms with van der Waals surface area (Å²) in [6.45, 7) is -0.0111. The third kappa shape index (κ3) is 2.63. The van der Waals surface area contributed by atoms with E-state index in [0.717, 1.165) is 5.56 Å². The van der Waals surface area contributed by atoms with Crippen molar-refractivity contribution in [2.75, 3.05) is 0 Å². The Bertz CT molecular complexity index is 991. The average molecular weight is 320 g/mol. The smallest absolute Gasteiger partial charge is 0.344 e. The first-order valence-corrected chi connectivity index (χ1v) is 7.28. The lowest BCUT2D eigenvalue weighted by Gasteiger charge is -2.00. The number of rotatable bonds is 4. The quantitative estimate of drug-likeness (QED) is 0.538. The second-order valence-corrected chi connectivity index (χ2v) is 5.07. The van der Waals surface area contributed by atoms with Gasteiger partial charge in [0.15, 0.2) is 18.0 Å². The molecule has 0 aliphatic heterocycles. The highest BCUT2D eigenvalue weighted by atomic mass is 16.5. The van der Waals surface area contributed by atoms with E-state index in [2.05, 4.69) is 15.2 Å². The van der Waals surface area contributed by atoms with E-state index >= 15 is 0 Å². The molecule has 1 aromatic carbocycles. The van der Waals surface area contributed by atoms with Gasteiger partial charge in [-0.3, -0.25) is 0 Å². The van der Waals surface area contributed by atoms with Crippen molar-refractivity contribution in [2.45, 2.75) is 6.61 Å². The van der Waals surface area contributed by atoms with Gasteiger partial charge < -0.3 is 9.26 Å². The number of carbonyl (C=O) groups is 1. The monoisotopic (exact) mass is 320 g/mol. The van der Waals surface area contributed by atoms with Crippen molar-refractivity contribution < 1.29 is 14.1 Å². The third-order valence-electron chi connectivity index (χ3n) is 3.47. The minimum absolute atomic E-state index is 0.0111. The molecule has 3 heterocycles. The number of hydrogen-bond donors (Lipinski definition) is 0. The fourth-order valence-corrected chi connectivity index (χ4v) is 2.31. The Kier molecular flexibility index (Phi) is 3.51. The molecule has 0 bridgehead atoms. The molecule has 0 amide bonds. The van der Waals surface area contributed by atoms with Gasteiger partial charge in [-0.2, -0.15) is 5.10 Å². The maximum Gasteiger partial charge on any atom is 0.344 e. The van der Waals surface area contributed by atoms with Gasteiger partial charge in [-0.25, -0.2) is 14.3 Å². The van der Waals surface area contributed by atoms with Crippen molar-refractivity contribution in [2.24, 2.45) is 0 Å². The van der Waals surface area contributed by atoms with Crippen molar-refractivity contribution in [1.29, 1.82) is 0 Å². The van der Waals surface area contributed by atoms with Gasteiger partial charge in [-0.1, -0.05) is 35.5 Å². The molecule has 0 saturated heterocycles. The number of esters is 1. The molecule has 7 heteroatoms. The van der Waals surface area contributed by atoms with Crippen LogP contribution in [0.5, 0.6) is 0 Å². The van der Waals surface area contributed by atoms with Crippen LogP contribution in [0, 0.1) is 0 Å². The Morgan fingerprint density at radius 2 is 2.08 bits per heavy atom. The molecule has 0 fully saturated rings. The predicted octanol–water partition coefficient (Wildman–Crippen LogP) is 2.74. The van der Waals surface area contributed by atoms with Gasteiger partial charge in [-0.05, 0) is 6.07 Å². The molecule has 118 valence electrons.